The molecule has 0 N–H and O–H groups in total. The third kappa shape index (κ3) is 2.73. The zero-order valence-corrected chi connectivity index (χ0v) is 6.24. The molecular weight excluding hydrogens is 152 g/mol. The SMILES string of the molecule is CCOC(=O)OC1COCO1. The van der Waals surface area contributed by atoms with Crippen molar-refractivity contribution < 1.29 is 23.7 Å². The van der Waals surface area contributed by atoms with Gasteiger partial charge < -0.3 is 18.9 Å². The zero-order valence-electron chi connectivity index (χ0n) is 6.24. The fourth-order valence-electron chi connectivity index (χ4n) is 0.644. The van der Waals surface area contributed by atoms with Crippen LogP contribution >= 0.6 is 0 Å². The highest BCUT2D eigenvalue weighted by atomic mass is 16.8. The third-order valence-corrected chi connectivity index (χ3v) is 1.08. The van der Waals surface area contributed by atoms with Crippen molar-refractivity contribution >= 4 is 6.16 Å². The lowest BCUT2D eigenvalue weighted by Gasteiger charge is -2.07. The van der Waals surface area contributed by atoms with E-state index in [1.54, 1.807) is 6.92 Å². The van der Waals surface area contributed by atoms with E-state index in [9.17, 15) is 4.79 Å². The molecule has 1 rings (SSSR count). The molecular formula is C6H10O5. The Labute approximate surface area is 64.2 Å². The molecule has 0 bridgehead atoms. The molecule has 0 spiro atoms. The summed E-state index contributed by atoms with van der Waals surface area (Å²) in [5.74, 6) is 0. The van der Waals surface area contributed by atoms with Crippen molar-refractivity contribution in [2.75, 3.05) is 20.0 Å². The number of ether oxygens (including phenoxy) is 4. The summed E-state index contributed by atoms with van der Waals surface area (Å²) in [7, 11) is 0. The third-order valence-electron chi connectivity index (χ3n) is 1.08. The van der Waals surface area contributed by atoms with E-state index < -0.39 is 12.4 Å². The van der Waals surface area contributed by atoms with Crippen LogP contribution in [0.2, 0.25) is 0 Å². The Hall–Kier alpha value is -0.810. The maximum absolute atomic E-state index is 10.6. The van der Waals surface area contributed by atoms with Crippen molar-refractivity contribution in [1.82, 2.24) is 0 Å². The Morgan fingerprint density at radius 1 is 1.73 bits per heavy atom. The first-order chi connectivity index (χ1) is 5.33. The molecule has 1 fully saturated rings. The average molecular weight is 162 g/mol. The Kier molecular flexibility index (Phi) is 3.13. The number of hydrogen-bond donors (Lipinski definition) is 0. The van der Waals surface area contributed by atoms with Crippen LogP contribution in [-0.4, -0.2) is 32.5 Å². The second-order valence-corrected chi connectivity index (χ2v) is 1.89. The standard InChI is InChI=1S/C6H10O5/c1-2-9-6(7)11-5-3-8-4-10-5/h5H,2-4H2,1H3. The van der Waals surface area contributed by atoms with Gasteiger partial charge in [-0.15, -0.1) is 0 Å². The molecule has 0 aromatic carbocycles. The van der Waals surface area contributed by atoms with Crippen molar-refractivity contribution in [3.8, 4) is 0 Å². The summed E-state index contributed by atoms with van der Waals surface area (Å²) in [4.78, 5) is 10.6. The van der Waals surface area contributed by atoms with Crippen LogP contribution in [0.4, 0.5) is 4.79 Å². The van der Waals surface area contributed by atoms with Gasteiger partial charge in [0.2, 0.25) is 6.29 Å². The van der Waals surface area contributed by atoms with Gasteiger partial charge in [-0.25, -0.2) is 4.79 Å². The molecule has 0 amide bonds. The quantitative estimate of drug-likeness (QED) is 0.553. The zero-order chi connectivity index (χ0) is 8.10. The molecule has 5 nitrogen and oxygen atoms in total. The van der Waals surface area contributed by atoms with Crippen LogP contribution in [-0.2, 0) is 18.9 Å². The lowest BCUT2D eigenvalue weighted by atomic mass is 10.7. The summed E-state index contributed by atoms with van der Waals surface area (Å²) in [5, 5.41) is 0. The van der Waals surface area contributed by atoms with Crippen LogP contribution in [0.5, 0.6) is 0 Å². The minimum atomic E-state index is -0.719. The van der Waals surface area contributed by atoms with Gasteiger partial charge in [0.05, 0.1) is 6.61 Å². The van der Waals surface area contributed by atoms with E-state index in [1.165, 1.54) is 0 Å². The molecule has 0 aromatic heterocycles. The highest BCUT2D eigenvalue weighted by molar-refractivity contribution is 5.59. The van der Waals surface area contributed by atoms with Gasteiger partial charge in [-0.05, 0) is 6.92 Å². The van der Waals surface area contributed by atoms with Gasteiger partial charge in [0, 0.05) is 0 Å². The Balaban J connectivity index is 2.13. The number of rotatable bonds is 2. The molecule has 1 atom stereocenters. The van der Waals surface area contributed by atoms with Crippen LogP contribution in [0, 0.1) is 0 Å². The van der Waals surface area contributed by atoms with Crippen LogP contribution in [0.3, 0.4) is 0 Å². The molecule has 1 aliphatic rings. The van der Waals surface area contributed by atoms with Crippen molar-refractivity contribution in [3.63, 3.8) is 0 Å². The highest BCUT2D eigenvalue weighted by Gasteiger charge is 2.20. The first-order valence-corrected chi connectivity index (χ1v) is 3.35. The first kappa shape index (κ1) is 8.29. The van der Waals surface area contributed by atoms with Crippen molar-refractivity contribution in [2.45, 2.75) is 13.2 Å². The minimum Gasteiger partial charge on any atom is -0.435 e. The molecule has 1 heterocycles. The van der Waals surface area contributed by atoms with Gasteiger partial charge >= 0.3 is 6.16 Å². The summed E-state index contributed by atoms with van der Waals surface area (Å²) >= 11 is 0. The molecule has 1 unspecified atom stereocenters. The van der Waals surface area contributed by atoms with Crippen LogP contribution in [0.1, 0.15) is 6.92 Å². The van der Waals surface area contributed by atoms with E-state index in [4.69, 9.17) is 9.47 Å². The lowest BCUT2D eigenvalue weighted by molar-refractivity contribution is -0.0877. The van der Waals surface area contributed by atoms with Gasteiger partial charge in [0.1, 0.15) is 6.61 Å². The maximum Gasteiger partial charge on any atom is 0.510 e. The average Bonchev–Trinajstić information content (AvgIpc) is 2.40. The molecule has 0 radical (unpaired) electrons. The predicted molar refractivity (Wildman–Crippen MR) is 33.8 cm³/mol. The van der Waals surface area contributed by atoms with Crippen molar-refractivity contribution in [2.24, 2.45) is 0 Å². The van der Waals surface area contributed by atoms with Crippen LogP contribution in [0.15, 0.2) is 0 Å². The largest absolute Gasteiger partial charge is 0.510 e. The van der Waals surface area contributed by atoms with Crippen LogP contribution < -0.4 is 0 Å². The monoisotopic (exact) mass is 162 g/mol. The molecule has 1 saturated heterocycles. The van der Waals surface area contributed by atoms with E-state index in [1.807, 2.05) is 0 Å². The smallest absolute Gasteiger partial charge is 0.435 e. The van der Waals surface area contributed by atoms with E-state index >= 15 is 0 Å². The van der Waals surface area contributed by atoms with E-state index in [-0.39, 0.29) is 13.4 Å². The van der Waals surface area contributed by atoms with E-state index in [2.05, 4.69) is 9.47 Å². The van der Waals surface area contributed by atoms with Crippen molar-refractivity contribution in [1.29, 1.82) is 0 Å². The second-order valence-electron chi connectivity index (χ2n) is 1.89. The number of carbonyl (C=O) groups excluding carboxylic acids is 1. The van der Waals surface area contributed by atoms with Crippen LogP contribution in [0.25, 0.3) is 0 Å². The predicted octanol–water partition coefficient (Wildman–Crippen LogP) is 0.490. The summed E-state index contributed by atoms with van der Waals surface area (Å²) < 4.78 is 18.8. The Bertz CT molecular complexity index is 129. The van der Waals surface area contributed by atoms with E-state index in [0.717, 1.165) is 0 Å². The molecule has 0 aromatic rings. The molecule has 11 heavy (non-hydrogen) atoms. The van der Waals surface area contributed by atoms with Gasteiger partial charge in [-0.1, -0.05) is 0 Å². The van der Waals surface area contributed by atoms with Gasteiger partial charge in [-0.2, -0.15) is 0 Å². The van der Waals surface area contributed by atoms with Gasteiger partial charge in [0.15, 0.2) is 6.79 Å². The fraction of sp³-hybridized carbons (Fsp3) is 0.833. The Morgan fingerprint density at radius 2 is 2.55 bits per heavy atom. The summed E-state index contributed by atoms with van der Waals surface area (Å²) in [6.07, 6.45) is -1.32. The summed E-state index contributed by atoms with van der Waals surface area (Å²) in [6.45, 7) is 2.45. The normalized spacial score (nSPS) is 23.2. The van der Waals surface area contributed by atoms with Gasteiger partial charge in [0.25, 0.3) is 0 Å². The van der Waals surface area contributed by atoms with E-state index in [0.29, 0.717) is 6.61 Å². The number of carbonyl (C=O) groups is 1. The maximum atomic E-state index is 10.6. The molecule has 1 aliphatic heterocycles. The highest BCUT2D eigenvalue weighted by Crippen LogP contribution is 2.05. The molecule has 0 aliphatic carbocycles. The second kappa shape index (κ2) is 4.15. The molecule has 5 heteroatoms. The fourth-order valence-corrected chi connectivity index (χ4v) is 0.644. The minimum absolute atomic E-state index is 0.171. The Morgan fingerprint density at radius 3 is 3.09 bits per heavy atom. The number of hydrogen-bond acceptors (Lipinski definition) is 5. The lowest BCUT2D eigenvalue weighted by Crippen LogP contribution is -2.20. The first-order valence-electron chi connectivity index (χ1n) is 3.35. The topological polar surface area (TPSA) is 54.0 Å². The van der Waals surface area contributed by atoms with Crippen molar-refractivity contribution in [3.05, 3.63) is 0 Å². The van der Waals surface area contributed by atoms with Gasteiger partial charge in [-0.3, -0.25) is 0 Å². The molecule has 64 valence electrons. The molecule has 0 saturated carbocycles. The summed E-state index contributed by atoms with van der Waals surface area (Å²) in [6, 6.07) is 0. The summed E-state index contributed by atoms with van der Waals surface area (Å²) in [5.41, 5.74) is 0.